The highest BCUT2D eigenvalue weighted by Crippen LogP contribution is 2.19. The smallest absolute Gasteiger partial charge is 0.257 e. The highest BCUT2D eigenvalue weighted by atomic mass is 35.5. The molecule has 0 spiro atoms. The molecule has 23 heavy (non-hydrogen) atoms. The zero-order valence-corrected chi connectivity index (χ0v) is 13.3. The fourth-order valence-corrected chi connectivity index (χ4v) is 2.43. The summed E-state index contributed by atoms with van der Waals surface area (Å²) in [4.78, 5) is 16.6. The Morgan fingerprint density at radius 3 is 2.91 bits per heavy atom. The highest BCUT2D eigenvalue weighted by Gasteiger charge is 2.21. The third-order valence-corrected chi connectivity index (χ3v) is 3.80. The first-order valence-corrected chi connectivity index (χ1v) is 7.82. The van der Waals surface area contributed by atoms with Crippen LogP contribution < -0.4 is 10.1 Å². The fraction of sp³-hybridized carbons (Fsp3) is 0.294. The molecular weight excluding hydrogens is 316 g/mol. The average molecular weight is 333 g/mol. The molecule has 120 valence electrons. The van der Waals surface area contributed by atoms with Gasteiger partial charge in [-0.15, -0.1) is 0 Å². The van der Waals surface area contributed by atoms with Crippen LogP contribution in [0.5, 0.6) is 5.88 Å². The van der Waals surface area contributed by atoms with Crippen LogP contribution >= 0.6 is 11.6 Å². The third kappa shape index (κ3) is 4.21. The van der Waals surface area contributed by atoms with Gasteiger partial charge in [0, 0.05) is 24.2 Å². The molecule has 6 heteroatoms. The lowest BCUT2D eigenvalue weighted by Gasteiger charge is -2.14. The van der Waals surface area contributed by atoms with Crippen LogP contribution in [0.4, 0.5) is 0 Å². The maximum absolute atomic E-state index is 12.4. The van der Waals surface area contributed by atoms with E-state index in [1.54, 1.807) is 30.5 Å². The van der Waals surface area contributed by atoms with Gasteiger partial charge in [0.2, 0.25) is 5.88 Å². The number of hydrogen-bond acceptors (Lipinski definition) is 4. The summed E-state index contributed by atoms with van der Waals surface area (Å²) >= 11 is 5.85. The lowest BCUT2D eigenvalue weighted by molar-refractivity contribution is 0.0937. The van der Waals surface area contributed by atoms with Crippen LogP contribution in [0.2, 0.25) is 5.02 Å². The molecule has 0 radical (unpaired) electrons. The number of ether oxygens (including phenoxy) is 2. The number of aromatic nitrogens is 1. The quantitative estimate of drug-likeness (QED) is 0.914. The Morgan fingerprint density at radius 1 is 1.35 bits per heavy atom. The van der Waals surface area contributed by atoms with Crippen LogP contribution in [0.1, 0.15) is 22.3 Å². The summed E-state index contributed by atoms with van der Waals surface area (Å²) in [7, 11) is 0. The number of pyridine rings is 1. The van der Waals surface area contributed by atoms with Gasteiger partial charge in [0.05, 0.1) is 13.2 Å². The number of nitrogens with zero attached hydrogens (tertiary/aromatic N) is 1. The van der Waals surface area contributed by atoms with Crippen molar-refractivity contribution in [2.75, 3.05) is 13.2 Å². The van der Waals surface area contributed by atoms with Crippen LogP contribution in [0.25, 0.3) is 0 Å². The second-order valence-corrected chi connectivity index (χ2v) is 5.71. The number of benzene rings is 1. The molecule has 0 aliphatic carbocycles. The van der Waals surface area contributed by atoms with Crippen molar-refractivity contribution in [3.63, 3.8) is 0 Å². The van der Waals surface area contributed by atoms with Crippen molar-refractivity contribution in [1.29, 1.82) is 0 Å². The second kappa shape index (κ2) is 7.44. The molecule has 2 aromatic rings. The number of nitrogens with one attached hydrogen (secondary N) is 1. The number of hydrogen-bond donors (Lipinski definition) is 1. The van der Waals surface area contributed by atoms with E-state index in [2.05, 4.69) is 10.3 Å². The number of amides is 1. The molecule has 1 amide bonds. The van der Waals surface area contributed by atoms with Crippen molar-refractivity contribution < 1.29 is 14.3 Å². The summed E-state index contributed by atoms with van der Waals surface area (Å²) < 4.78 is 11.1. The van der Waals surface area contributed by atoms with Gasteiger partial charge in [-0.25, -0.2) is 4.98 Å². The first kappa shape index (κ1) is 15.8. The molecule has 0 bridgehead atoms. The Hall–Kier alpha value is -2.11. The summed E-state index contributed by atoms with van der Waals surface area (Å²) in [6.07, 6.45) is 2.37. The van der Waals surface area contributed by atoms with E-state index in [4.69, 9.17) is 21.1 Å². The topological polar surface area (TPSA) is 60.5 Å². The Bertz CT molecular complexity index is 670. The molecule has 0 unspecified atom stereocenters. The zero-order chi connectivity index (χ0) is 16.1. The molecule has 3 rings (SSSR count). The molecule has 1 aliphatic rings. The Labute approximate surface area is 139 Å². The molecule has 1 fully saturated rings. The van der Waals surface area contributed by atoms with Crippen LogP contribution in [0, 0.1) is 0 Å². The normalized spacial score (nSPS) is 17.0. The van der Waals surface area contributed by atoms with Gasteiger partial charge in [0.15, 0.2) is 0 Å². The lowest BCUT2D eigenvalue weighted by Crippen LogP contribution is -2.25. The van der Waals surface area contributed by atoms with E-state index in [9.17, 15) is 4.79 Å². The summed E-state index contributed by atoms with van der Waals surface area (Å²) in [5.74, 6) is 0.124. The molecular formula is C17H17ClN2O3. The molecule has 2 heterocycles. The number of carbonyl (C=O) groups excluding carboxylic acids is 1. The maximum Gasteiger partial charge on any atom is 0.257 e. The molecule has 5 nitrogen and oxygen atoms in total. The van der Waals surface area contributed by atoms with Gasteiger partial charge in [-0.3, -0.25) is 4.79 Å². The van der Waals surface area contributed by atoms with Gasteiger partial charge in [-0.1, -0.05) is 23.7 Å². The van der Waals surface area contributed by atoms with E-state index < -0.39 is 0 Å². The molecule has 1 aliphatic heterocycles. The van der Waals surface area contributed by atoms with Crippen LogP contribution in [0.3, 0.4) is 0 Å². The minimum Gasteiger partial charge on any atom is -0.471 e. The van der Waals surface area contributed by atoms with E-state index in [0.717, 1.165) is 12.0 Å². The number of halogens is 1. The second-order valence-electron chi connectivity index (χ2n) is 5.27. The summed E-state index contributed by atoms with van der Waals surface area (Å²) in [5.41, 5.74) is 1.40. The summed E-state index contributed by atoms with van der Waals surface area (Å²) in [6.45, 7) is 1.62. The molecule has 0 saturated carbocycles. The SMILES string of the molecule is O=C(NCc1ccc(Cl)cc1)c1cccnc1O[C@@H]1CCOC1. The van der Waals surface area contributed by atoms with Crippen LogP contribution in [-0.4, -0.2) is 30.2 Å². The van der Waals surface area contributed by atoms with Gasteiger partial charge in [0.25, 0.3) is 5.91 Å². The van der Waals surface area contributed by atoms with Crippen LogP contribution in [0.15, 0.2) is 42.6 Å². The largest absolute Gasteiger partial charge is 0.471 e. The van der Waals surface area contributed by atoms with Gasteiger partial charge < -0.3 is 14.8 Å². The molecule has 1 aromatic carbocycles. The minimum atomic E-state index is -0.220. The summed E-state index contributed by atoms with van der Waals surface area (Å²) in [6, 6.07) is 10.8. The van der Waals surface area contributed by atoms with Gasteiger partial charge in [-0.2, -0.15) is 0 Å². The van der Waals surface area contributed by atoms with Gasteiger partial charge in [0.1, 0.15) is 11.7 Å². The van der Waals surface area contributed by atoms with Gasteiger partial charge in [-0.05, 0) is 29.8 Å². The first-order valence-electron chi connectivity index (χ1n) is 7.44. The van der Waals surface area contributed by atoms with Crippen molar-refractivity contribution in [3.05, 3.63) is 58.7 Å². The van der Waals surface area contributed by atoms with Crippen molar-refractivity contribution in [2.45, 2.75) is 19.1 Å². The Morgan fingerprint density at radius 2 is 2.17 bits per heavy atom. The Kier molecular flexibility index (Phi) is 5.10. The standard InChI is InChI=1S/C17H17ClN2O3/c18-13-5-3-12(4-6-13)10-20-16(21)15-2-1-8-19-17(15)23-14-7-9-22-11-14/h1-6,8,14H,7,9-11H2,(H,20,21)/t14-/m1/s1. The number of carbonyl (C=O) groups is 1. The molecule has 1 aromatic heterocycles. The van der Waals surface area contributed by atoms with Crippen molar-refractivity contribution in [2.24, 2.45) is 0 Å². The third-order valence-electron chi connectivity index (χ3n) is 3.55. The Balaban J connectivity index is 1.65. The average Bonchev–Trinajstić information content (AvgIpc) is 3.07. The summed E-state index contributed by atoms with van der Waals surface area (Å²) in [5, 5.41) is 3.54. The first-order chi connectivity index (χ1) is 11.2. The van der Waals surface area contributed by atoms with Crippen molar-refractivity contribution in [3.8, 4) is 5.88 Å². The van der Waals surface area contributed by atoms with E-state index in [1.165, 1.54) is 0 Å². The van der Waals surface area contributed by atoms with E-state index in [0.29, 0.717) is 36.2 Å². The van der Waals surface area contributed by atoms with E-state index in [-0.39, 0.29) is 12.0 Å². The molecule has 1 saturated heterocycles. The van der Waals surface area contributed by atoms with E-state index >= 15 is 0 Å². The van der Waals surface area contributed by atoms with Crippen molar-refractivity contribution >= 4 is 17.5 Å². The zero-order valence-electron chi connectivity index (χ0n) is 12.5. The highest BCUT2D eigenvalue weighted by molar-refractivity contribution is 6.30. The molecule has 1 N–H and O–H groups in total. The number of rotatable bonds is 5. The maximum atomic E-state index is 12.4. The minimum absolute atomic E-state index is 0.0484. The van der Waals surface area contributed by atoms with Crippen LogP contribution in [-0.2, 0) is 11.3 Å². The van der Waals surface area contributed by atoms with Crippen molar-refractivity contribution in [1.82, 2.24) is 10.3 Å². The monoisotopic (exact) mass is 332 g/mol. The predicted octanol–water partition coefficient (Wildman–Crippen LogP) is 2.83. The van der Waals surface area contributed by atoms with E-state index in [1.807, 2.05) is 12.1 Å². The molecule has 1 atom stereocenters. The lowest BCUT2D eigenvalue weighted by atomic mass is 10.2. The fourth-order valence-electron chi connectivity index (χ4n) is 2.30. The predicted molar refractivity (Wildman–Crippen MR) is 86.7 cm³/mol. The van der Waals surface area contributed by atoms with Gasteiger partial charge >= 0.3 is 0 Å².